The highest BCUT2D eigenvalue weighted by molar-refractivity contribution is 5.94. The van der Waals surface area contributed by atoms with Crippen molar-refractivity contribution in [1.82, 2.24) is 9.78 Å². The molecule has 1 atom stereocenters. The molecule has 0 saturated carbocycles. The molecule has 0 radical (unpaired) electrons. The van der Waals surface area contributed by atoms with E-state index in [1.807, 2.05) is 20.2 Å². The number of benzene rings is 1. The van der Waals surface area contributed by atoms with E-state index in [0.29, 0.717) is 11.3 Å². The van der Waals surface area contributed by atoms with Crippen molar-refractivity contribution < 1.29 is 9.18 Å². The van der Waals surface area contributed by atoms with E-state index in [1.54, 1.807) is 23.9 Å². The second-order valence-corrected chi connectivity index (χ2v) is 4.81. The van der Waals surface area contributed by atoms with Crippen molar-refractivity contribution in [1.29, 1.82) is 0 Å². The lowest BCUT2D eigenvalue weighted by Gasteiger charge is -2.17. The zero-order valence-electron chi connectivity index (χ0n) is 11.6. The van der Waals surface area contributed by atoms with Crippen LogP contribution in [0.15, 0.2) is 24.5 Å². The highest BCUT2D eigenvalue weighted by Gasteiger charge is 2.13. The van der Waals surface area contributed by atoms with Crippen LogP contribution in [0.3, 0.4) is 0 Å². The van der Waals surface area contributed by atoms with E-state index >= 15 is 0 Å². The molecule has 6 heteroatoms. The first kappa shape index (κ1) is 14.0. The summed E-state index contributed by atoms with van der Waals surface area (Å²) in [5.74, 6) is -1.11. The summed E-state index contributed by atoms with van der Waals surface area (Å²) in [5, 5.41) is 7.27. The van der Waals surface area contributed by atoms with Gasteiger partial charge in [0.2, 0.25) is 5.91 Å². The van der Waals surface area contributed by atoms with E-state index in [0.717, 1.165) is 11.6 Å². The zero-order valence-corrected chi connectivity index (χ0v) is 11.6. The van der Waals surface area contributed by atoms with Crippen molar-refractivity contribution in [2.24, 2.45) is 12.8 Å². The van der Waals surface area contributed by atoms with Crippen LogP contribution in [-0.2, 0) is 7.05 Å². The van der Waals surface area contributed by atoms with Crippen LogP contribution in [0, 0.1) is 12.7 Å². The lowest BCUT2D eigenvalue weighted by molar-refractivity contribution is 0.1000. The van der Waals surface area contributed by atoms with Gasteiger partial charge in [-0.05, 0) is 26.0 Å². The quantitative estimate of drug-likeness (QED) is 0.898. The van der Waals surface area contributed by atoms with Crippen molar-refractivity contribution in [2.45, 2.75) is 19.9 Å². The number of rotatable bonds is 4. The molecule has 106 valence electrons. The van der Waals surface area contributed by atoms with Crippen molar-refractivity contribution >= 4 is 11.6 Å². The van der Waals surface area contributed by atoms with Gasteiger partial charge in [-0.2, -0.15) is 5.10 Å². The van der Waals surface area contributed by atoms with Crippen LogP contribution in [-0.4, -0.2) is 15.7 Å². The van der Waals surface area contributed by atoms with Gasteiger partial charge in [0.25, 0.3) is 0 Å². The number of nitrogens with two attached hydrogens (primary N) is 1. The van der Waals surface area contributed by atoms with Crippen LogP contribution in [0.5, 0.6) is 0 Å². The predicted octanol–water partition coefficient (Wildman–Crippen LogP) is 2.14. The molecule has 1 aromatic heterocycles. The topological polar surface area (TPSA) is 72.9 Å². The Morgan fingerprint density at radius 2 is 2.20 bits per heavy atom. The number of hydrogen-bond acceptors (Lipinski definition) is 3. The van der Waals surface area contributed by atoms with Crippen LogP contribution in [0.4, 0.5) is 10.1 Å². The third-order valence-electron chi connectivity index (χ3n) is 3.23. The number of amides is 1. The molecule has 0 saturated heterocycles. The summed E-state index contributed by atoms with van der Waals surface area (Å²) in [5.41, 5.74) is 7.32. The van der Waals surface area contributed by atoms with Gasteiger partial charge in [0, 0.05) is 35.6 Å². The molecule has 1 unspecified atom stereocenters. The molecule has 1 amide bonds. The Morgan fingerprint density at radius 1 is 1.50 bits per heavy atom. The number of primary amides is 1. The van der Waals surface area contributed by atoms with Gasteiger partial charge in [0.1, 0.15) is 5.82 Å². The lowest BCUT2D eigenvalue weighted by Crippen LogP contribution is -2.14. The predicted molar refractivity (Wildman–Crippen MR) is 74.9 cm³/mol. The van der Waals surface area contributed by atoms with E-state index in [9.17, 15) is 9.18 Å². The minimum absolute atomic E-state index is 0.0649. The molecule has 2 rings (SSSR count). The second-order valence-electron chi connectivity index (χ2n) is 4.81. The number of carbonyl (C=O) groups excluding carboxylic acids is 1. The minimum Gasteiger partial charge on any atom is -0.378 e. The van der Waals surface area contributed by atoms with Crippen molar-refractivity contribution in [2.75, 3.05) is 5.32 Å². The Hall–Kier alpha value is -2.37. The molecular formula is C14H17FN4O. The Morgan fingerprint density at radius 3 is 2.75 bits per heavy atom. The summed E-state index contributed by atoms with van der Waals surface area (Å²) >= 11 is 0. The number of halogens is 1. The van der Waals surface area contributed by atoms with Crippen molar-refractivity contribution in [3.63, 3.8) is 0 Å². The van der Waals surface area contributed by atoms with Crippen molar-refractivity contribution in [3.05, 3.63) is 47.0 Å². The Bertz CT molecular complexity index is 651. The highest BCUT2D eigenvalue weighted by Crippen LogP contribution is 2.25. The Balaban J connectivity index is 2.30. The lowest BCUT2D eigenvalue weighted by atomic mass is 10.1. The number of aryl methyl sites for hydroxylation is 1. The number of nitrogens with zero attached hydrogens (tertiary/aromatic N) is 2. The van der Waals surface area contributed by atoms with Gasteiger partial charge in [-0.3, -0.25) is 9.48 Å². The molecule has 0 fully saturated rings. The first-order chi connectivity index (χ1) is 9.38. The van der Waals surface area contributed by atoms with Crippen molar-refractivity contribution in [3.8, 4) is 0 Å². The molecule has 0 aliphatic rings. The Labute approximate surface area is 116 Å². The van der Waals surface area contributed by atoms with E-state index < -0.39 is 11.7 Å². The number of anilines is 1. The summed E-state index contributed by atoms with van der Waals surface area (Å²) < 4.78 is 15.5. The zero-order chi connectivity index (χ0) is 14.9. The number of hydrogen-bond donors (Lipinski definition) is 2. The summed E-state index contributed by atoms with van der Waals surface area (Å²) in [6.45, 7) is 3.59. The molecule has 1 aromatic carbocycles. The molecule has 0 bridgehead atoms. The van der Waals surface area contributed by atoms with E-state index in [4.69, 9.17) is 5.73 Å². The number of nitrogens with one attached hydrogen (secondary N) is 1. The first-order valence-corrected chi connectivity index (χ1v) is 6.23. The fraction of sp³-hybridized carbons (Fsp3) is 0.286. The summed E-state index contributed by atoms with van der Waals surface area (Å²) in [6, 6.07) is 2.65. The van der Waals surface area contributed by atoms with E-state index in [1.165, 1.54) is 0 Å². The second kappa shape index (κ2) is 5.32. The van der Waals surface area contributed by atoms with Crippen LogP contribution >= 0.6 is 0 Å². The fourth-order valence-corrected chi connectivity index (χ4v) is 1.95. The average Bonchev–Trinajstić information content (AvgIpc) is 2.81. The maximum absolute atomic E-state index is 13.8. The minimum atomic E-state index is -0.652. The average molecular weight is 276 g/mol. The molecule has 0 aliphatic heterocycles. The molecule has 5 nitrogen and oxygen atoms in total. The summed E-state index contributed by atoms with van der Waals surface area (Å²) in [7, 11) is 1.83. The number of carbonyl (C=O) groups is 1. The Kier molecular flexibility index (Phi) is 3.74. The number of aromatic nitrogens is 2. The molecule has 0 aliphatic carbocycles. The monoisotopic (exact) mass is 276 g/mol. The van der Waals surface area contributed by atoms with Gasteiger partial charge < -0.3 is 11.1 Å². The van der Waals surface area contributed by atoms with Crippen LogP contribution < -0.4 is 11.1 Å². The highest BCUT2D eigenvalue weighted by atomic mass is 19.1. The third-order valence-corrected chi connectivity index (χ3v) is 3.23. The van der Waals surface area contributed by atoms with Gasteiger partial charge >= 0.3 is 0 Å². The van der Waals surface area contributed by atoms with Crippen LogP contribution in [0.2, 0.25) is 0 Å². The molecule has 2 aromatic rings. The largest absolute Gasteiger partial charge is 0.378 e. The molecule has 0 spiro atoms. The van der Waals surface area contributed by atoms with Gasteiger partial charge in [0.05, 0.1) is 12.2 Å². The first-order valence-electron chi connectivity index (χ1n) is 6.23. The van der Waals surface area contributed by atoms with E-state index in [2.05, 4.69) is 10.4 Å². The maximum Gasteiger partial charge on any atom is 0.248 e. The normalized spacial score (nSPS) is 12.2. The molecule has 3 N–H and O–H groups in total. The fourth-order valence-electron chi connectivity index (χ4n) is 1.95. The molecule has 20 heavy (non-hydrogen) atoms. The molecular weight excluding hydrogens is 259 g/mol. The summed E-state index contributed by atoms with van der Waals surface area (Å²) in [6.07, 6.45) is 3.61. The van der Waals surface area contributed by atoms with Gasteiger partial charge in [-0.15, -0.1) is 0 Å². The van der Waals surface area contributed by atoms with Crippen LogP contribution in [0.1, 0.15) is 34.5 Å². The maximum atomic E-state index is 13.8. The van der Waals surface area contributed by atoms with Crippen LogP contribution in [0.25, 0.3) is 0 Å². The SMILES string of the molecule is Cc1c(F)cc(C(N)=O)cc1NC(C)c1cnn(C)c1. The van der Waals surface area contributed by atoms with Gasteiger partial charge in [-0.25, -0.2) is 4.39 Å². The standard InChI is InChI=1S/C14H17FN4O/c1-8-12(15)4-10(14(16)20)5-13(8)18-9(2)11-6-17-19(3)7-11/h4-7,9,18H,1-3H3,(H2,16,20). The summed E-state index contributed by atoms with van der Waals surface area (Å²) in [4.78, 5) is 11.2. The molecule has 1 heterocycles. The van der Waals surface area contributed by atoms with E-state index in [-0.39, 0.29) is 11.6 Å². The van der Waals surface area contributed by atoms with Gasteiger partial charge in [-0.1, -0.05) is 0 Å². The smallest absolute Gasteiger partial charge is 0.248 e. The van der Waals surface area contributed by atoms with Gasteiger partial charge in [0.15, 0.2) is 0 Å². The third kappa shape index (κ3) is 2.79.